The summed E-state index contributed by atoms with van der Waals surface area (Å²) in [7, 11) is -0.634. The second kappa shape index (κ2) is 9.72. The lowest BCUT2D eigenvalue weighted by molar-refractivity contribution is 0.157. The number of hydrogen-bond donors (Lipinski definition) is 0. The van der Waals surface area contributed by atoms with Gasteiger partial charge < -0.3 is 0 Å². The monoisotopic (exact) mass is 399 g/mol. The van der Waals surface area contributed by atoms with Crippen LogP contribution in [0.3, 0.4) is 0 Å². The maximum Gasteiger partial charge on any atom is 0.0621 e. The SMILES string of the molecule is CCCC(CS(=O)CCC(C)C)N1CCCCC1I. The predicted molar refractivity (Wildman–Crippen MR) is 94.4 cm³/mol. The number of hydrogen-bond acceptors (Lipinski definition) is 2. The van der Waals surface area contributed by atoms with Crippen molar-refractivity contribution in [2.24, 2.45) is 5.92 Å². The number of piperidine rings is 1. The van der Waals surface area contributed by atoms with E-state index in [9.17, 15) is 4.21 Å². The second-order valence-corrected chi connectivity index (χ2v) is 9.16. The Kier molecular flexibility index (Phi) is 9.15. The van der Waals surface area contributed by atoms with E-state index in [-0.39, 0.29) is 0 Å². The highest BCUT2D eigenvalue weighted by atomic mass is 127. The molecule has 19 heavy (non-hydrogen) atoms. The van der Waals surface area contributed by atoms with Gasteiger partial charge in [0.1, 0.15) is 0 Å². The summed E-state index contributed by atoms with van der Waals surface area (Å²) in [4.78, 5) is 2.63. The first kappa shape index (κ1) is 17.9. The second-order valence-electron chi connectivity index (χ2n) is 6.10. The molecule has 0 bridgehead atoms. The average molecular weight is 399 g/mol. The molecule has 0 aliphatic carbocycles. The van der Waals surface area contributed by atoms with Crippen LogP contribution in [0.25, 0.3) is 0 Å². The Bertz CT molecular complexity index is 273. The van der Waals surface area contributed by atoms with Gasteiger partial charge in [0, 0.05) is 28.3 Å². The average Bonchev–Trinajstić information content (AvgIpc) is 2.36. The third-order valence-electron chi connectivity index (χ3n) is 3.86. The highest BCUT2D eigenvalue weighted by molar-refractivity contribution is 14.1. The van der Waals surface area contributed by atoms with Crippen molar-refractivity contribution in [3.63, 3.8) is 0 Å². The lowest BCUT2D eigenvalue weighted by atomic mass is 10.1. The third-order valence-corrected chi connectivity index (χ3v) is 6.65. The molecule has 0 aromatic rings. The van der Waals surface area contributed by atoms with Crippen LogP contribution in [0.4, 0.5) is 0 Å². The molecule has 3 unspecified atom stereocenters. The summed E-state index contributed by atoms with van der Waals surface area (Å²) >= 11 is 2.58. The lowest BCUT2D eigenvalue weighted by Gasteiger charge is -2.38. The Labute approximate surface area is 135 Å². The maximum atomic E-state index is 12.3. The topological polar surface area (TPSA) is 20.3 Å². The molecule has 114 valence electrons. The van der Waals surface area contributed by atoms with Crippen molar-refractivity contribution in [3.8, 4) is 0 Å². The highest BCUT2D eigenvalue weighted by Crippen LogP contribution is 2.26. The van der Waals surface area contributed by atoms with E-state index in [4.69, 9.17) is 0 Å². The molecule has 0 saturated carbocycles. The molecular formula is C15H30INOS. The molecule has 0 spiro atoms. The number of nitrogens with zero attached hydrogens (tertiary/aromatic N) is 1. The number of halogens is 1. The quantitative estimate of drug-likeness (QED) is 0.347. The summed E-state index contributed by atoms with van der Waals surface area (Å²) in [5, 5.41) is 0. The third kappa shape index (κ3) is 6.89. The van der Waals surface area contributed by atoms with Gasteiger partial charge in [0.05, 0.1) is 4.05 Å². The molecule has 1 aliphatic rings. The molecule has 0 aromatic carbocycles. The van der Waals surface area contributed by atoms with E-state index in [0.717, 1.165) is 17.9 Å². The van der Waals surface area contributed by atoms with Gasteiger partial charge in [-0.05, 0) is 44.6 Å². The van der Waals surface area contributed by atoms with Crippen LogP contribution in [-0.4, -0.2) is 37.2 Å². The molecule has 1 heterocycles. The van der Waals surface area contributed by atoms with Gasteiger partial charge in [0.25, 0.3) is 0 Å². The molecule has 0 N–H and O–H groups in total. The summed E-state index contributed by atoms with van der Waals surface area (Å²) in [6.45, 7) is 7.88. The van der Waals surface area contributed by atoms with Gasteiger partial charge in [-0.25, -0.2) is 0 Å². The summed E-state index contributed by atoms with van der Waals surface area (Å²) in [6, 6.07) is 0.542. The van der Waals surface area contributed by atoms with Gasteiger partial charge in [-0.2, -0.15) is 0 Å². The van der Waals surface area contributed by atoms with Crippen molar-refractivity contribution in [2.75, 3.05) is 18.1 Å². The van der Waals surface area contributed by atoms with Crippen LogP contribution in [0.1, 0.15) is 59.3 Å². The zero-order chi connectivity index (χ0) is 14.3. The largest absolute Gasteiger partial charge is 0.288 e. The zero-order valence-corrected chi connectivity index (χ0v) is 15.7. The van der Waals surface area contributed by atoms with Crippen LogP contribution >= 0.6 is 22.6 Å². The summed E-state index contributed by atoms with van der Waals surface area (Å²) in [5.41, 5.74) is 0. The first-order valence-corrected chi connectivity index (χ1v) is 10.5. The van der Waals surface area contributed by atoms with Crippen LogP contribution < -0.4 is 0 Å². The molecule has 0 amide bonds. The maximum absolute atomic E-state index is 12.3. The fourth-order valence-electron chi connectivity index (χ4n) is 2.67. The van der Waals surface area contributed by atoms with Gasteiger partial charge in [-0.3, -0.25) is 9.11 Å². The van der Waals surface area contributed by atoms with E-state index in [2.05, 4.69) is 48.3 Å². The lowest BCUT2D eigenvalue weighted by Crippen LogP contribution is -2.46. The Morgan fingerprint density at radius 1 is 1.32 bits per heavy atom. The van der Waals surface area contributed by atoms with E-state index < -0.39 is 10.8 Å². The van der Waals surface area contributed by atoms with Crippen LogP contribution in [-0.2, 0) is 10.8 Å². The van der Waals surface area contributed by atoms with Gasteiger partial charge in [-0.15, -0.1) is 0 Å². The van der Waals surface area contributed by atoms with E-state index >= 15 is 0 Å². The number of alkyl halides is 1. The Hall–Kier alpha value is 0.840. The van der Waals surface area contributed by atoms with Gasteiger partial charge >= 0.3 is 0 Å². The summed E-state index contributed by atoms with van der Waals surface area (Å²) in [5.74, 6) is 2.44. The first-order chi connectivity index (χ1) is 9.04. The summed E-state index contributed by atoms with van der Waals surface area (Å²) in [6.07, 6.45) is 7.48. The first-order valence-electron chi connectivity index (χ1n) is 7.79. The zero-order valence-electron chi connectivity index (χ0n) is 12.7. The summed E-state index contributed by atoms with van der Waals surface area (Å²) < 4.78 is 12.9. The predicted octanol–water partition coefficient (Wildman–Crippen LogP) is 4.20. The Morgan fingerprint density at radius 3 is 2.63 bits per heavy atom. The van der Waals surface area contributed by atoms with Gasteiger partial charge in [0.15, 0.2) is 0 Å². The fraction of sp³-hybridized carbons (Fsp3) is 1.00. The van der Waals surface area contributed by atoms with Gasteiger partial charge in [0.2, 0.25) is 0 Å². The minimum absolute atomic E-state index is 0.542. The van der Waals surface area contributed by atoms with Crippen LogP contribution in [0, 0.1) is 5.92 Å². The molecule has 1 rings (SSSR count). The van der Waals surface area contributed by atoms with Crippen LogP contribution in [0.15, 0.2) is 0 Å². The van der Waals surface area contributed by atoms with Crippen molar-refractivity contribution in [1.82, 2.24) is 4.90 Å². The minimum Gasteiger partial charge on any atom is -0.288 e. The van der Waals surface area contributed by atoms with Crippen molar-refractivity contribution in [3.05, 3.63) is 0 Å². The normalized spacial score (nSPS) is 24.6. The van der Waals surface area contributed by atoms with Crippen LogP contribution in [0.2, 0.25) is 0 Å². The molecule has 1 fully saturated rings. The van der Waals surface area contributed by atoms with E-state index in [1.807, 2.05) is 0 Å². The van der Waals surface area contributed by atoms with Crippen LogP contribution in [0.5, 0.6) is 0 Å². The molecule has 3 atom stereocenters. The minimum atomic E-state index is -0.634. The van der Waals surface area contributed by atoms with E-state index in [1.54, 1.807) is 0 Å². The molecule has 0 radical (unpaired) electrons. The molecule has 1 saturated heterocycles. The van der Waals surface area contributed by atoms with Crippen molar-refractivity contribution < 1.29 is 4.21 Å². The van der Waals surface area contributed by atoms with E-state index in [0.29, 0.717) is 16.0 Å². The van der Waals surface area contributed by atoms with Crippen molar-refractivity contribution in [1.29, 1.82) is 0 Å². The van der Waals surface area contributed by atoms with Crippen molar-refractivity contribution in [2.45, 2.75) is 69.4 Å². The number of likely N-dealkylation sites (tertiary alicyclic amines) is 1. The molecule has 4 heteroatoms. The molecule has 0 aromatic heterocycles. The molecular weight excluding hydrogens is 369 g/mol. The van der Waals surface area contributed by atoms with E-state index in [1.165, 1.54) is 38.6 Å². The highest BCUT2D eigenvalue weighted by Gasteiger charge is 2.27. The Morgan fingerprint density at radius 2 is 2.05 bits per heavy atom. The molecule has 2 nitrogen and oxygen atoms in total. The smallest absolute Gasteiger partial charge is 0.0621 e. The molecule has 1 aliphatic heterocycles. The Balaban J connectivity index is 2.48. The fourth-order valence-corrected chi connectivity index (χ4v) is 5.53. The standard InChI is InChI=1S/C15H30INOS/c1-4-7-14(12-19(18)11-9-13(2)3)17-10-6-5-8-15(17)16/h13-15H,4-12H2,1-3H3. The number of rotatable bonds is 8. The van der Waals surface area contributed by atoms with Gasteiger partial charge in [-0.1, -0.05) is 49.8 Å². The van der Waals surface area contributed by atoms with Crippen molar-refractivity contribution >= 4 is 33.4 Å².